The second-order valence-corrected chi connectivity index (χ2v) is 10.8. The summed E-state index contributed by atoms with van der Waals surface area (Å²) < 4.78 is 10.5. The Bertz CT molecular complexity index is 1500. The first-order valence-electron chi connectivity index (χ1n) is 14.6. The quantitative estimate of drug-likeness (QED) is 0.185. The normalized spacial score (nSPS) is 13.4. The highest BCUT2D eigenvalue weighted by atomic mass is 32.1. The zero-order valence-electron chi connectivity index (χ0n) is 24.6. The van der Waals surface area contributed by atoms with Crippen LogP contribution in [0.3, 0.4) is 0 Å². The summed E-state index contributed by atoms with van der Waals surface area (Å²) in [6.45, 7) is 3.56. The number of methoxy groups -OCH3 is 1. The molecule has 4 aromatic carbocycles. The first kappa shape index (κ1) is 30.9. The second kappa shape index (κ2) is 15.2. The lowest BCUT2D eigenvalue weighted by atomic mass is 9.96. The van der Waals surface area contributed by atoms with E-state index in [1.54, 1.807) is 43.5 Å². The lowest BCUT2D eigenvalue weighted by Gasteiger charge is -2.40. The fourth-order valence-electron chi connectivity index (χ4n) is 5.29. The number of hydrogen-bond acceptors (Lipinski definition) is 6. The summed E-state index contributed by atoms with van der Waals surface area (Å²) in [5.74, 6) is 0.197. The summed E-state index contributed by atoms with van der Waals surface area (Å²) >= 11 is 5.44. The van der Waals surface area contributed by atoms with Crippen molar-refractivity contribution in [3.8, 4) is 5.75 Å². The Morgan fingerprint density at radius 3 is 1.98 bits per heavy atom. The zero-order chi connectivity index (χ0) is 30.7. The van der Waals surface area contributed by atoms with Crippen LogP contribution in [0.25, 0.3) is 0 Å². The molecule has 1 aliphatic heterocycles. The number of ether oxygens (including phenoxy) is 2. The Balaban J connectivity index is 1.20. The number of hydrogen-bond donors (Lipinski definition) is 2. The van der Waals surface area contributed by atoms with Gasteiger partial charge >= 0.3 is 0 Å². The Hall–Kier alpha value is -4.57. The van der Waals surface area contributed by atoms with Crippen LogP contribution in [-0.2, 0) is 4.74 Å². The molecule has 226 valence electrons. The monoisotopic (exact) mass is 608 g/mol. The minimum absolute atomic E-state index is 0.0816. The van der Waals surface area contributed by atoms with Gasteiger partial charge in [-0.05, 0) is 59.7 Å². The lowest BCUT2D eigenvalue weighted by molar-refractivity contribution is 0.0598. The minimum Gasteiger partial charge on any atom is -0.491 e. The van der Waals surface area contributed by atoms with Crippen LogP contribution >= 0.6 is 12.2 Å². The fraction of sp³-hybridized carbons (Fsp3) is 0.229. The van der Waals surface area contributed by atoms with Crippen molar-refractivity contribution in [1.82, 2.24) is 15.1 Å². The molecule has 9 heteroatoms. The number of carbonyl (C=O) groups excluding carboxylic acids is 2. The highest BCUT2D eigenvalue weighted by Crippen LogP contribution is 2.30. The van der Waals surface area contributed by atoms with Crippen molar-refractivity contribution >= 4 is 34.8 Å². The number of benzene rings is 4. The largest absolute Gasteiger partial charge is 0.491 e. The predicted molar refractivity (Wildman–Crippen MR) is 176 cm³/mol. The van der Waals surface area contributed by atoms with Crippen LogP contribution in [0.2, 0.25) is 0 Å². The van der Waals surface area contributed by atoms with Crippen LogP contribution in [0.4, 0.5) is 5.69 Å². The Kier molecular flexibility index (Phi) is 10.7. The van der Waals surface area contributed by atoms with Gasteiger partial charge in [0.15, 0.2) is 5.11 Å². The van der Waals surface area contributed by atoms with Gasteiger partial charge in [0.25, 0.3) is 11.8 Å². The van der Waals surface area contributed by atoms with Gasteiger partial charge in [-0.15, -0.1) is 0 Å². The molecule has 5 rings (SSSR count). The highest BCUT2D eigenvalue weighted by Gasteiger charge is 2.29. The molecule has 0 unspecified atom stereocenters. The maximum Gasteiger partial charge on any atom is 0.257 e. The van der Waals surface area contributed by atoms with E-state index in [4.69, 9.17) is 21.7 Å². The van der Waals surface area contributed by atoms with Gasteiger partial charge in [0.05, 0.1) is 23.9 Å². The molecule has 0 aliphatic carbocycles. The van der Waals surface area contributed by atoms with Crippen molar-refractivity contribution in [1.29, 1.82) is 0 Å². The van der Waals surface area contributed by atoms with Crippen LogP contribution in [-0.4, -0.2) is 73.2 Å². The average molecular weight is 609 g/mol. The molecule has 0 radical (unpaired) electrons. The number of nitrogens with one attached hydrogen (secondary N) is 2. The molecule has 4 aromatic rings. The molecule has 0 bridgehead atoms. The van der Waals surface area contributed by atoms with Gasteiger partial charge in [-0.1, -0.05) is 72.8 Å². The smallest absolute Gasteiger partial charge is 0.257 e. The standard InChI is InChI=1S/C35H36N4O4S/c1-42-24-25-43-29-18-16-28(17-19-29)33(40)37-35(44)36-31-15-9-8-14-30(31)34(41)39-22-20-38(21-23-39)32(26-10-4-2-5-11-26)27-12-6-3-7-13-27/h2-19,32H,20-25H2,1H3,(H2,36,37,40,44). The number of piperazine rings is 1. The zero-order valence-corrected chi connectivity index (χ0v) is 25.5. The van der Waals surface area contributed by atoms with Crippen LogP contribution in [0.15, 0.2) is 109 Å². The van der Waals surface area contributed by atoms with E-state index in [0.29, 0.717) is 48.9 Å². The van der Waals surface area contributed by atoms with Crippen molar-refractivity contribution in [3.63, 3.8) is 0 Å². The molecule has 1 aliphatic rings. The molecule has 1 saturated heterocycles. The van der Waals surface area contributed by atoms with E-state index in [1.165, 1.54) is 11.1 Å². The molecule has 2 amide bonds. The van der Waals surface area contributed by atoms with E-state index < -0.39 is 0 Å². The lowest BCUT2D eigenvalue weighted by Crippen LogP contribution is -2.50. The first-order valence-corrected chi connectivity index (χ1v) is 15.0. The third-order valence-corrected chi connectivity index (χ3v) is 7.71. The number of para-hydroxylation sites is 1. The third-order valence-electron chi connectivity index (χ3n) is 7.50. The van der Waals surface area contributed by atoms with Gasteiger partial charge in [0.1, 0.15) is 12.4 Å². The SMILES string of the molecule is COCCOc1ccc(C(=O)NC(=S)Nc2ccccc2C(=O)N2CCN(C(c3ccccc3)c3ccccc3)CC2)cc1. The van der Waals surface area contributed by atoms with E-state index in [0.717, 1.165) is 13.1 Å². The number of nitrogens with zero attached hydrogens (tertiary/aromatic N) is 2. The third kappa shape index (κ3) is 7.87. The topological polar surface area (TPSA) is 83.1 Å². The number of carbonyl (C=O) groups is 2. The Labute approximate surface area is 263 Å². The predicted octanol–water partition coefficient (Wildman–Crippen LogP) is 5.39. The molecule has 0 spiro atoms. The maximum absolute atomic E-state index is 13.7. The van der Waals surface area contributed by atoms with Crippen LogP contribution in [0, 0.1) is 0 Å². The number of amides is 2. The van der Waals surface area contributed by atoms with Gasteiger partial charge in [-0.3, -0.25) is 19.8 Å². The minimum atomic E-state index is -0.364. The number of thiocarbonyl (C=S) groups is 1. The van der Waals surface area contributed by atoms with E-state index in [1.807, 2.05) is 29.2 Å². The summed E-state index contributed by atoms with van der Waals surface area (Å²) in [6.07, 6.45) is 0. The van der Waals surface area contributed by atoms with Crippen LogP contribution < -0.4 is 15.4 Å². The molecule has 2 N–H and O–H groups in total. The molecule has 0 aromatic heterocycles. The number of anilines is 1. The van der Waals surface area contributed by atoms with Crippen molar-refractivity contribution in [3.05, 3.63) is 131 Å². The van der Waals surface area contributed by atoms with Gasteiger partial charge in [0, 0.05) is 38.9 Å². The van der Waals surface area contributed by atoms with Crippen LogP contribution in [0.1, 0.15) is 37.9 Å². The summed E-state index contributed by atoms with van der Waals surface area (Å²) in [5, 5.41) is 5.86. The molecule has 1 heterocycles. The summed E-state index contributed by atoms with van der Waals surface area (Å²) in [5.41, 5.74) is 3.93. The average Bonchev–Trinajstić information content (AvgIpc) is 3.06. The molecule has 8 nitrogen and oxygen atoms in total. The molecular weight excluding hydrogens is 572 g/mol. The van der Waals surface area contributed by atoms with E-state index in [2.05, 4.69) is 64.1 Å². The van der Waals surface area contributed by atoms with Gasteiger partial charge in [-0.25, -0.2) is 0 Å². The fourth-order valence-corrected chi connectivity index (χ4v) is 5.49. The summed E-state index contributed by atoms with van der Waals surface area (Å²) in [7, 11) is 1.61. The van der Waals surface area contributed by atoms with Crippen molar-refractivity contribution < 1.29 is 19.1 Å². The number of rotatable bonds is 10. The van der Waals surface area contributed by atoms with Gasteiger partial charge < -0.3 is 19.7 Å². The van der Waals surface area contributed by atoms with Crippen LogP contribution in [0.5, 0.6) is 5.75 Å². The molecule has 44 heavy (non-hydrogen) atoms. The second-order valence-electron chi connectivity index (χ2n) is 10.4. The Morgan fingerprint density at radius 1 is 0.773 bits per heavy atom. The van der Waals surface area contributed by atoms with Gasteiger partial charge in [0.2, 0.25) is 0 Å². The molecule has 0 atom stereocenters. The summed E-state index contributed by atoms with van der Waals surface area (Å²) in [6, 6.07) is 35.1. The van der Waals surface area contributed by atoms with E-state index >= 15 is 0 Å². The molecule has 0 saturated carbocycles. The first-order chi connectivity index (χ1) is 21.5. The van der Waals surface area contributed by atoms with Crippen molar-refractivity contribution in [2.75, 3.05) is 51.8 Å². The highest BCUT2D eigenvalue weighted by molar-refractivity contribution is 7.80. The summed E-state index contributed by atoms with van der Waals surface area (Å²) in [4.78, 5) is 30.8. The Morgan fingerprint density at radius 2 is 1.36 bits per heavy atom. The van der Waals surface area contributed by atoms with Crippen molar-refractivity contribution in [2.45, 2.75) is 6.04 Å². The molecule has 1 fully saturated rings. The van der Waals surface area contributed by atoms with E-state index in [9.17, 15) is 9.59 Å². The van der Waals surface area contributed by atoms with Crippen molar-refractivity contribution in [2.24, 2.45) is 0 Å². The maximum atomic E-state index is 13.7. The molecular formula is C35H36N4O4S. The van der Waals surface area contributed by atoms with Gasteiger partial charge in [-0.2, -0.15) is 0 Å². The van der Waals surface area contributed by atoms with E-state index in [-0.39, 0.29) is 23.0 Å².